The summed E-state index contributed by atoms with van der Waals surface area (Å²) in [7, 11) is 0. The Kier molecular flexibility index (Phi) is 4.41. The van der Waals surface area contributed by atoms with E-state index in [-0.39, 0.29) is 18.0 Å². The van der Waals surface area contributed by atoms with E-state index in [0.29, 0.717) is 6.04 Å². The van der Waals surface area contributed by atoms with Gasteiger partial charge in [0.2, 0.25) is 0 Å². The van der Waals surface area contributed by atoms with Gasteiger partial charge in [0, 0.05) is 12.2 Å². The van der Waals surface area contributed by atoms with Crippen LogP contribution in [0, 0.1) is 5.92 Å². The zero-order valence-corrected chi connectivity index (χ0v) is 13.4. The molecule has 0 aliphatic carbocycles. The third kappa shape index (κ3) is 2.85. The van der Waals surface area contributed by atoms with Crippen molar-refractivity contribution in [2.24, 2.45) is 5.92 Å². The number of halogens is 1. The minimum Gasteiger partial charge on any atom is -0.299 e. The zero-order valence-electron chi connectivity index (χ0n) is 12.6. The van der Waals surface area contributed by atoms with E-state index in [2.05, 4.69) is 10.00 Å². The van der Waals surface area contributed by atoms with Crippen molar-refractivity contribution in [1.29, 1.82) is 0 Å². The molecule has 1 aromatic carbocycles. The summed E-state index contributed by atoms with van der Waals surface area (Å²) in [6, 6.07) is 10.5. The molecule has 5 rings (SSSR count). The summed E-state index contributed by atoms with van der Waals surface area (Å²) in [6.07, 6.45) is 5.96. The fraction of sp³-hybridized carbons (Fsp3) is 0.471. The first-order valence-corrected chi connectivity index (χ1v) is 7.88. The van der Waals surface area contributed by atoms with Crippen molar-refractivity contribution in [3.05, 3.63) is 46.9 Å². The molecule has 3 fully saturated rings. The Hall–Kier alpha value is -1.52. The molecule has 1 atom stereocenters. The van der Waals surface area contributed by atoms with Gasteiger partial charge in [0.15, 0.2) is 0 Å². The van der Waals surface area contributed by atoms with Gasteiger partial charge in [0.25, 0.3) is 5.56 Å². The summed E-state index contributed by atoms with van der Waals surface area (Å²) >= 11 is 0. The lowest BCUT2D eigenvalue weighted by Crippen LogP contribution is -2.50. The summed E-state index contributed by atoms with van der Waals surface area (Å²) in [4.78, 5) is 14.7. The summed E-state index contributed by atoms with van der Waals surface area (Å²) in [5.74, 6) is 0.899. The van der Waals surface area contributed by atoms with Gasteiger partial charge in [-0.25, -0.2) is 0 Å². The van der Waals surface area contributed by atoms with E-state index in [4.69, 9.17) is 0 Å². The molecule has 3 aliphatic heterocycles. The fourth-order valence-corrected chi connectivity index (χ4v) is 3.86. The van der Waals surface area contributed by atoms with Crippen LogP contribution >= 0.6 is 12.4 Å². The highest BCUT2D eigenvalue weighted by Crippen LogP contribution is 2.32. The number of nitrogens with zero attached hydrogens (tertiary/aromatic N) is 2. The number of benzene rings is 1. The quantitative estimate of drug-likeness (QED) is 0.945. The molecular formula is C17H22ClN3O. The van der Waals surface area contributed by atoms with Crippen molar-refractivity contribution < 1.29 is 0 Å². The molecule has 1 N–H and O–H groups in total. The molecule has 0 spiro atoms. The Morgan fingerprint density at radius 2 is 1.86 bits per heavy atom. The van der Waals surface area contributed by atoms with E-state index < -0.39 is 0 Å². The molecule has 3 saturated heterocycles. The number of H-pyrrole nitrogens is 1. The van der Waals surface area contributed by atoms with Crippen LogP contribution in [0.3, 0.4) is 0 Å². The van der Waals surface area contributed by atoms with Crippen LogP contribution in [0.5, 0.6) is 0 Å². The lowest BCUT2D eigenvalue weighted by Gasteiger charge is -2.45. The van der Waals surface area contributed by atoms with E-state index in [1.165, 1.54) is 32.4 Å². The van der Waals surface area contributed by atoms with E-state index in [1.807, 2.05) is 41.2 Å². The number of hydrogen-bond donors (Lipinski definition) is 1. The maximum atomic E-state index is 12.2. The minimum atomic E-state index is 0. The molecule has 22 heavy (non-hydrogen) atoms. The molecule has 0 radical (unpaired) electrons. The molecule has 2 bridgehead atoms. The fourth-order valence-electron chi connectivity index (χ4n) is 3.86. The molecule has 1 aromatic heterocycles. The van der Waals surface area contributed by atoms with Gasteiger partial charge in [-0.15, -0.1) is 12.4 Å². The number of rotatable bonds is 3. The first kappa shape index (κ1) is 15.4. The predicted octanol–water partition coefficient (Wildman–Crippen LogP) is 2.75. The molecule has 2 aromatic rings. The Morgan fingerprint density at radius 3 is 2.50 bits per heavy atom. The number of fused-ring (bicyclic) bond motifs is 3. The second-order valence-electron chi connectivity index (χ2n) is 6.37. The molecule has 3 aliphatic rings. The number of nitrogens with one attached hydrogen (secondary N) is 1. The topological polar surface area (TPSA) is 41.0 Å². The molecule has 0 amide bonds. The summed E-state index contributed by atoms with van der Waals surface area (Å²) in [6.45, 7) is 3.36. The van der Waals surface area contributed by atoms with Gasteiger partial charge >= 0.3 is 0 Å². The smallest absolute Gasteiger partial charge is 0.271 e. The van der Waals surface area contributed by atoms with Gasteiger partial charge < -0.3 is 0 Å². The Bertz CT molecular complexity index is 671. The molecule has 4 nitrogen and oxygen atoms in total. The molecule has 5 heteroatoms. The normalized spacial score (nSPS) is 26.6. The van der Waals surface area contributed by atoms with Gasteiger partial charge in [-0.1, -0.05) is 30.3 Å². The van der Waals surface area contributed by atoms with E-state index in [1.54, 1.807) is 0 Å². The lowest BCUT2D eigenvalue weighted by molar-refractivity contribution is 0.0387. The monoisotopic (exact) mass is 319 g/mol. The number of piperidine rings is 3. The van der Waals surface area contributed by atoms with Crippen molar-refractivity contribution in [2.75, 3.05) is 13.1 Å². The molecule has 0 saturated carbocycles. The van der Waals surface area contributed by atoms with E-state index in [0.717, 1.165) is 23.6 Å². The first-order valence-electron chi connectivity index (χ1n) is 7.88. The Morgan fingerprint density at radius 1 is 1.14 bits per heavy atom. The van der Waals surface area contributed by atoms with Crippen molar-refractivity contribution in [1.82, 2.24) is 14.7 Å². The van der Waals surface area contributed by atoms with Crippen LogP contribution in [0.25, 0.3) is 11.1 Å². The third-order valence-electron chi connectivity index (χ3n) is 5.04. The number of aromatic amines is 1. The minimum absolute atomic E-state index is 0. The van der Waals surface area contributed by atoms with Crippen LogP contribution < -0.4 is 5.56 Å². The first-order chi connectivity index (χ1) is 10.3. The van der Waals surface area contributed by atoms with Crippen molar-refractivity contribution >= 4 is 12.4 Å². The van der Waals surface area contributed by atoms with Gasteiger partial charge in [-0.2, -0.15) is 0 Å². The highest BCUT2D eigenvalue weighted by molar-refractivity contribution is 5.85. The second kappa shape index (κ2) is 6.31. The number of aromatic nitrogens is 2. The van der Waals surface area contributed by atoms with E-state index >= 15 is 0 Å². The van der Waals surface area contributed by atoms with Crippen LogP contribution in [0.4, 0.5) is 0 Å². The average molecular weight is 320 g/mol. The lowest BCUT2D eigenvalue weighted by atomic mass is 9.83. The van der Waals surface area contributed by atoms with Crippen molar-refractivity contribution in [3.63, 3.8) is 0 Å². The van der Waals surface area contributed by atoms with Gasteiger partial charge in [0.1, 0.15) is 0 Å². The predicted molar refractivity (Wildman–Crippen MR) is 90.4 cm³/mol. The molecule has 4 heterocycles. The average Bonchev–Trinajstić information content (AvgIpc) is 2.90. The van der Waals surface area contributed by atoms with Crippen LogP contribution in [0.1, 0.15) is 19.3 Å². The Balaban J connectivity index is 0.00000144. The number of hydrogen-bond acceptors (Lipinski definition) is 2. The van der Waals surface area contributed by atoms with Crippen LogP contribution in [-0.2, 0) is 6.54 Å². The summed E-state index contributed by atoms with van der Waals surface area (Å²) in [5, 5.41) is 2.98. The van der Waals surface area contributed by atoms with Crippen LogP contribution in [0.2, 0.25) is 0 Å². The SMILES string of the molecule is Cl.O=c1[nH]n(CC2CC3CCN2CC3)cc1-c1ccccc1. The van der Waals surface area contributed by atoms with Gasteiger partial charge in [-0.3, -0.25) is 19.5 Å². The molecule has 1 unspecified atom stereocenters. The molecular weight excluding hydrogens is 298 g/mol. The maximum Gasteiger partial charge on any atom is 0.271 e. The van der Waals surface area contributed by atoms with Gasteiger partial charge in [0.05, 0.1) is 12.1 Å². The third-order valence-corrected chi connectivity index (χ3v) is 5.04. The standard InChI is InChI=1S/C17H21N3O.ClH/c21-17-16(14-4-2-1-3-5-14)12-20(18-17)11-15-10-13-6-8-19(15)9-7-13;/h1-5,12-13,15H,6-11H2,(H,18,21);1H. The van der Waals surface area contributed by atoms with Gasteiger partial charge in [-0.05, 0) is 43.8 Å². The van der Waals surface area contributed by atoms with Crippen molar-refractivity contribution in [2.45, 2.75) is 31.8 Å². The highest BCUT2D eigenvalue weighted by Gasteiger charge is 2.33. The van der Waals surface area contributed by atoms with E-state index in [9.17, 15) is 4.79 Å². The van der Waals surface area contributed by atoms with Crippen LogP contribution in [-0.4, -0.2) is 33.8 Å². The highest BCUT2D eigenvalue weighted by atomic mass is 35.5. The van der Waals surface area contributed by atoms with Crippen LogP contribution in [0.15, 0.2) is 41.3 Å². The van der Waals surface area contributed by atoms with Crippen molar-refractivity contribution in [3.8, 4) is 11.1 Å². The maximum absolute atomic E-state index is 12.2. The summed E-state index contributed by atoms with van der Waals surface area (Å²) < 4.78 is 1.98. The molecule has 118 valence electrons. The Labute approximate surface area is 136 Å². The zero-order chi connectivity index (χ0) is 14.2. The summed E-state index contributed by atoms with van der Waals surface area (Å²) in [5.41, 5.74) is 1.77. The second-order valence-corrected chi connectivity index (χ2v) is 6.37. The largest absolute Gasteiger partial charge is 0.299 e.